The first-order valence-electron chi connectivity index (χ1n) is 8.46. The molecular weight excluding hydrogens is 354 g/mol. The maximum atomic E-state index is 11.8. The van der Waals surface area contributed by atoms with Crippen molar-refractivity contribution in [1.82, 2.24) is 10.6 Å². The Morgan fingerprint density at radius 1 is 1.23 bits per heavy atom. The average Bonchev–Trinajstić information content (AvgIpc) is 2.47. The number of rotatable bonds is 6. The van der Waals surface area contributed by atoms with E-state index in [0.29, 0.717) is 29.5 Å². The first-order valence-corrected chi connectivity index (χ1v) is 10.3. The normalized spacial score (nSPS) is 12.6. The molecule has 7 nitrogen and oxygen atoms in total. The smallest absolute Gasteiger partial charge is 0.325 e. The van der Waals surface area contributed by atoms with Crippen molar-refractivity contribution in [2.24, 2.45) is 4.99 Å². The molecule has 0 aliphatic rings. The summed E-state index contributed by atoms with van der Waals surface area (Å²) in [7, 11) is -3.24. The minimum Gasteiger partial charge on any atom is -0.459 e. The summed E-state index contributed by atoms with van der Waals surface area (Å²) in [6.07, 6.45) is 1.19. The molecule has 0 aliphatic carbocycles. The summed E-state index contributed by atoms with van der Waals surface area (Å²) in [5.41, 5.74) is 1.03. The number of nitrogens with one attached hydrogen (secondary N) is 2. The van der Waals surface area contributed by atoms with Crippen molar-refractivity contribution in [2.45, 2.75) is 51.7 Å². The third-order valence-corrected chi connectivity index (χ3v) is 4.48. The van der Waals surface area contributed by atoms with Crippen LogP contribution in [0.25, 0.3) is 0 Å². The molecule has 0 saturated carbocycles. The third-order valence-electron chi connectivity index (χ3n) is 3.22. The predicted octanol–water partition coefficient (Wildman–Crippen LogP) is 1.80. The van der Waals surface area contributed by atoms with Crippen LogP contribution in [-0.4, -0.2) is 45.3 Å². The van der Waals surface area contributed by atoms with E-state index in [2.05, 4.69) is 15.6 Å². The lowest BCUT2D eigenvalue weighted by atomic mass is 10.1. The Labute approximate surface area is 156 Å². The number of benzene rings is 1. The summed E-state index contributed by atoms with van der Waals surface area (Å²) in [5, 5.41) is 5.99. The fourth-order valence-corrected chi connectivity index (χ4v) is 3.23. The minimum atomic E-state index is -3.24. The zero-order chi connectivity index (χ0) is 20.0. The molecule has 0 radical (unpaired) electrons. The van der Waals surface area contributed by atoms with Crippen LogP contribution in [0.5, 0.6) is 0 Å². The number of esters is 1. The van der Waals surface area contributed by atoms with Gasteiger partial charge in [-0.05, 0) is 51.8 Å². The first kappa shape index (κ1) is 22.0. The number of guanidine groups is 1. The number of nitrogens with zero attached hydrogens (tertiary/aromatic N) is 1. The van der Waals surface area contributed by atoms with E-state index in [0.717, 1.165) is 5.56 Å². The van der Waals surface area contributed by atoms with Crippen molar-refractivity contribution >= 4 is 21.8 Å². The van der Waals surface area contributed by atoms with E-state index in [9.17, 15) is 13.2 Å². The molecular formula is C18H29N3O4S. The van der Waals surface area contributed by atoms with Crippen LogP contribution in [0.2, 0.25) is 0 Å². The van der Waals surface area contributed by atoms with Crippen LogP contribution in [0.3, 0.4) is 0 Å². The van der Waals surface area contributed by atoms with Gasteiger partial charge in [0, 0.05) is 12.8 Å². The fourth-order valence-electron chi connectivity index (χ4n) is 2.27. The zero-order valence-electron chi connectivity index (χ0n) is 16.3. The first-order chi connectivity index (χ1) is 11.9. The molecule has 1 aromatic rings. The number of carbonyl (C=O) groups excluding carboxylic acids is 1. The third kappa shape index (κ3) is 7.86. The van der Waals surface area contributed by atoms with E-state index in [1.54, 1.807) is 25.1 Å². The Morgan fingerprint density at radius 2 is 1.88 bits per heavy atom. The Hall–Kier alpha value is -2.09. The molecule has 0 aliphatic heterocycles. The van der Waals surface area contributed by atoms with Crippen molar-refractivity contribution in [3.8, 4) is 0 Å². The van der Waals surface area contributed by atoms with Crippen LogP contribution in [0.4, 0.5) is 0 Å². The highest BCUT2D eigenvalue weighted by Gasteiger charge is 2.16. The van der Waals surface area contributed by atoms with Gasteiger partial charge in [0.25, 0.3) is 0 Å². The van der Waals surface area contributed by atoms with Gasteiger partial charge in [0.2, 0.25) is 0 Å². The molecule has 0 unspecified atom stereocenters. The number of ether oxygens (including phenoxy) is 1. The molecule has 0 saturated heterocycles. The molecule has 0 heterocycles. The highest BCUT2D eigenvalue weighted by atomic mass is 32.2. The predicted molar refractivity (Wildman–Crippen MR) is 103 cm³/mol. The van der Waals surface area contributed by atoms with Crippen LogP contribution < -0.4 is 10.6 Å². The maximum absolute atomic E-state index is 11.8. The molecule has 8 heteroatoms. The van der Waals surface area contributed by atoms with Gasteiger partial charge in [-0.1, -0.05) is 12.1 Å². The quantitative estimate of drug-likeness (QED) is 0.442. The van der Waals surface area contributed by atoms with Crippen molar-refractivity contribution in [2.75, 3.05) is 19.3 Å². The Bertz CT molecular complexity index is 765. The van der Waals surface area contributed by atoms with E-state index in [1.165, 1.54) is 6.26 Å². The Morgan fingerprint density at radius 3 is 2.38 bits per heavy atom. The van der Waals surface area contributed by atoms with Crippen LogP contribution in [0.15, 0.2) is 28.1 Å². The minimum absolute atomic E-state index is 0.00907. The van der Waals surface area contributed by atoms with Crippen molar-refractivity contribution in [3.05, 3.63) is 29.3 Å². The molecule has 0 aromatic heterocycles. The Kier molecular flexibility index (Phi) is 7.62. The van der Waals surface area contributed by atoms with Gasteiger partial charge in [-0.25, -0.2) is 13.4 Å². The SMILES string of the molecule is CCNC(=NCc1ccc(S(C)(=O)=O)c(C)c1)NCC(=O)OC(C)(C)C. The van der Waals surface area contributed by atoms with Crippen LogP contribution in [0, 0.1) is 6.92 Å². The van der Waals surface area contributed by atoms with E-state index in [1.807, 2.05) is 27.7 Å². The number of carbonyl (C=O) groups is 1. The second-order valence-electron chi connectivity index (χ2n) is 7.01. The molecule has 0 atom stereocenters. The molecule has 0 bridgehead atoms. The van der Waals surface area contributed by atoms with E-state index in [4.69, 9.17) is 4.74 Å². The van der Waals surface area contributed by atoms with Gasteiger partial charge in [-0.15, -0.1) is 0 Å². The average molecular weight is 384 g/mol. The maximum Gasteiger partial charge on any atom is 0.325 e. The number of hydrogen-bond donors (Lipinski definition) is 2. The highest BCUT2D eigenvalue weighted by Crippen LogP contribution is 2.17. The summed E-state index contributed by atoms with van der Waals surface area (Å²) in [6.45, 7) is 10.1. The van der Waals surface area contributed by atoms with Crippen LogP contribution >= 0.6 is 0 Å². The number of hydrogen-bond acceptors (Lipinski definition) is 5. The van der Waals surface area contributed by atoms with Gasteiger partial charge < -0.3 is 15.4 Å². The Balaban J connectivity index is 2.78. The fraction of sp³-hybridized carbons (Fsp3) is 0.556. The lowest BCUT2D eigenvalue weighted by molar-refractivity contribution is -0.153. The molecule has 1 rings (SSSR count). The van der Waals surface area contributed by atoms with E-state index in [-0.39, 0.29) is 12.5 Å². The van der Waals surface area contributed by atoms with E-state index < -0.39 is 15.4 Å². The zero-order valence-corrected chi connectivity index (χ0v) is 17.2. The second-order valence-corrected chi connectivity index (χ2v) is 8.99. The lowest BCUT2D eigenvalue weighted by Crippen LogP contribution is -2.41. The second kappa shape index (κ2) is 9.02. The standard InChI is InChI=1S/C18H29N3O4S/c1-7-19-17(21-12-16(22)25-18(3,4)5)20-11-14-8-9-15(13(2)10-14)26(6,23)24/h8-10H,7,11-12H2,1-6H3,(H2,19,20,21). The molecule has 2 N–H and O–H groups in total. The van der Waals surface area contributed by atoms with Gasteiger partial charge in [0.15, 0.2) is 15.8 Å². The van der Waals surface area contributed by atoms with Crippen molar-refractivity contribution in [1.29, 1.82) is 0 Å². The van der Waals surface area contributed by atoms with Gasteiger partial charge in [0.05, 0.1) is 11.4 Å². The summed E-state index contributed by atoms with van der Waals surface area (Å²) >= 11 is 0. The van der Waals surface area contributed by atoms with Crippen molar-refractivity contribution < 1.29 is 17.9 Å². The summed E-state index contributed by atoms with van der Waals surface area (Å²) in [6, 6.07) is 5.14. The topological polar surface area (TPSA) is 96.9 Å². The number of aryl methyl sites for hydroxylation is 1. The van der Waals surface area contributed by atoms with Gasteiger partial charge in [-0.3, -0.25) is 4.79 Å². The van der Waals surface area contributed by atoms with Crippen molar-refractivity contribution in [3.63, 3.8) is 0 Å². The summed E-state index contributed by atoms with van der Waals surface area (Å²) in [4.78, 5) is 16.5. The summed E-state index contributed by atoms with van der Waals surface area (Å²) in [5.74, 6) is 0.125. The van der Waals surface area contributed by atoms with E-state index >= 15 is 0 Å². The molecule has 26 heavy (non-hydrogen) atoms. The molecule has 1 aromatic carbocycles. The largest absolute Gasteiger partial charge is 0.459 e. The van der Waals surface area contributed by atoms with Crippen LogP contribution in [0.1, 0.15) is 38.8 Å². The monoisotopic (exact) mass is 383 g/mol. The van der Waals surface area contributed by atoms with Gasteiger partial charge >= 0.3 is 5.97 Å². The van der Waals surface area contributed by atoms with Crippen LogP contribution in [-0.2, 0) is 25.9 Å². The molecule has 0 fully saturated rings. The van der Waals surface area contributed by atoms with Gasteiger partial charge in [-0.2, -0.15) is 0 Å². The highest BCUT2D eigenvalue weighted by molar-refractivity contribution is 7.90. The summed E-state index contributed by atoms with van der Waals surface area (Å²) < 4.78 is 28.6. The molecule has 146 valence electrons. The van der Waals surface area contributed by atoms with Gasteiger partial charge in [0.1, 0.15) is 12.1 Å². The molecule has 0 spiro atoms. The molecule has 0 amide bonds. The lowest BCUT2D eigenvalue weighted by Gasteiger charge is -2.20. The number of sulfone groups is 1. The number of aliphatic imine (C=N–C) groups is 1.